The molecule has 0 nitrogen and oxygen atoms in total. The molecule has 0 aliphatic carbocycles. The highest BCUT2D eigenvalue weighted by atomic mass is 13.9. The second-order valence-electron chi connectivity index (χ2n) is 3.91. The molecule has 0 atom stereocenters. The third-order valence-electron chi connectivity index (χ3n) is 0.866. The predicted molar refractivity (Wildman–Crippen MR) is 61.6 cm³/mol. The van der Waals surface area contributed by atoms with Gasteiger partial charge >= 0.3 is 0 Å². The Hall–Kier alpha value is 0. The van der Waals surface area contributed by atoms with E-state index in [0.717, 1.165) is 11.8 Å². The molecule has 0 heterocycles. The molecule has 0 bridgehead atoms. The lowest BCUT2D eigenvalue weighted by molar-refractivity contribution is 0.576. The maximum atomic E-state index is 2.25. The molecule has 0 saturated carbocycles. The molecular weight excluding hydrogens is 144 g/mol. The van der Waals surface area contributed by atoms with Crippen molar-refractivity contribution in [1.82, 2.24) is 0 Å². The van der Waals surface area contributed by atoms with Gasteiger partial charge in [0.2, 0.25) is 0 Å². The highest BCUT2D eigenvalue weighted by Gasteiger charge is 1.85. The Balaban J connectivity index is -0.000000118. The number of rotatable bonds is 2. The van der Waals surface area contributed by atoms with Crippen LogP contribution in [0.5, 0.6) is 0 Å². The minimum absolute atomic E-state index is 0.833. The summed E-state index contributed by atoms with van der Waals surface area (Å²) >= 11 is 0. The third kappa shape index (κ3) is 90.0. The van der Waals surface area contributed by atoms with Crippen molar-refractivity contribution in [2.45, 2.75) is 68.2 Å². The van der Waals surface area contributed by atoms with Gasteiger partial charge in [0, 0.05) is 0 Å². The van der Waals surface area contributed by atoms with Crippen molar-refractivity contribution >= 4 is 0 Å². The Kier molecular flexibility index (Phi) is 25.7. The molecule has 0 spiro atoms. The molecule has 0 aromatic rings. The van der Waals surface area contributed by atoms with Crippen molar-refractivity contribution in [3.8, 4) is 0 Å². The van der Waals surface area contributed by atoms with Crippen LogP contribution in [-0.4, -0.2) is 0 Å². The average Bonchev–Trinajstić information content (AvgIpc) is 1.90. The second kappa shape index (κ2) is 17.2. The van der Waals surface area contributed by atoms with Crippen molar-refractivity contribution in [1.29, 1.82) is 0 Å². The highest BCUT2D eigenvalue weighted by molar-refractivity contribution is 4.38. The van der Waals surface area contributed by atoms with E-state index in [0.29, 0.717) is 0 Å². The maximum Gasteiger partial charge on any atom is -0.0471 e. The summed E-state index contributed by atoms with van der Waals surface area (Å²) in [7, 11) is 0. The molecule has 0 radical (unpaired) electrons. The van der Waals surface area contributed by atoms with Crippen LogP contribution in [0.1, 0.15) is 68.2 Å². The summed E-state index contributed by atoms with van der Waals surface area (Å²) < 4.78 is 0. The molecule has 0 heteroatoms. The lowest BCUT2D eigenvalue weighted by atomic mass is 10.1. The first kappa shape index (κ1) is 17.9. The van der Waals surface area contributed by atoms with Crippen LogP contribution >= 0.6 is 0 Å². The van der Waals surface area contributed by atoms with E-state index >= 15 is 0 Å². The zero-order chi connectivity index (χ0) is 10.6. The van der Waals surface area contributed by atoms with Gasteiger partial charge < -0.3 is 0 Å². The van der Waals surface area contributed by atoms with E-state index in [1.165, 1.54) is 12.8 Å². The molecule has 0 saturated heterocycles. The van der Waals surface area contributed by atoms with Gasteiger partial charge in [0.05, 0.1) is 0 Å². The molecule has 0 fully saturated rings. The average molecular weight is 174 g/mol. The molecular formula is C12H30. The molecule has 0 aromatic carbocycles. The first-order valence-electron chi connectivity index (χ1n) is 5.50. The lowest BCUT2D eigenvalue weighted by Crippen LogP contribution is -1.81. The van der Waals surface area contributed by atoms with Gasteiger partial charge in [-0.25, -0.2) is 0 Å². The Bertz CT molecular complexity index is 41.2. The van der Waals surface area contributed by atoms with Crippen LogP contribution in [0.2, 0.25) is 0 Å². The molecule has 0 aromatic heterocycles. The van der Waals surface area contributed by atoms with E-state index in [-0.39, 0.29) is 0 Å². The second-order valence-corrected chi connectivity index (χ2v) is 3.91. The smallest absolute Gasteiger partial charge is 0.0471 e. The normalized spacial score (nSPS) is 8.50. The largest absolute Gasteiger partial charge is 0.0683 e. The fourth-order valence-corrected chi connectivity index (χ4v) is 0.577. The van der Waals surface area contributed by atoms with Crippen LogP contribution in [0.4, 0.5) is 0 Å². The summed E-state index contributed by atoms with van der Waals surface area (Å²) in [5.74, 6) is 1.73. The van der Waals surface area contributed by atoms with Crippen LogP contribution in [0.15, 0.2) is 0 Å². The zero-order valence-electron chi connectivity index (χ0n) is 10.6. The van der Waals surface area contributed by atoms with Gasteiger partial charge in [0.1, 0.15) is 0 Å². The van der Waals surface area contributed by atoms with Crippen LogP contribution < -0.4 is 0 Å². The minimum Gasteiger partial charge on any atom is -0.0683 e. The van der Waals surface area contributed by atoms with Gasteiger partial charge in [-0.05, 0) is 11.8 Å². The number of hydrogen-bond acceptors (Lipinski definition) is 0. The predicted octanol–water partition coefficient (Wildman–Crippen LogP) is 5.13. The Labute approximate surface area is 80.8 Å². The summed E-state index contributed by atoms with van der Waals surface area (Å²) in [6.45, 7) is 17.2. The molecule has 0 aliphatic heterocycles. The topological polar surface area (TPSA) is 0 Å². The van der Waals surface area contributed by atoms with Crippen molar-refractivity contribution in [3.05, 3.63) is 0 Å². The van der Waals surface area contributed by atoms with Gasteiger partial charge in [-0.2, -0.15) is 0 Å². The van der Waals surface area contributed by atoms with E-state index in [9.17, 15) is 0 Å². The number of hydrogen-bond donors (Lipinski definition) is 0. The van der Waals surface area contributed by atoms with Gasteiger partial charge in [-0.15, -0.1) is 0 Å². The SMILES string of the molecule is CC.CC(C)C.CCCC(C)C. The van der Waals surface area contributed by atoms with Gasteiger partial charge in [-0.3, -0.25) is 0 Å². The molecule has 12 heavy (non-hydrogen) atoms. The van der Waals surface area contributed by atoms with E-state index in [2.05, 4.69) is 41.5 Å². The standard InChI is InChI=1S/C6H14.C4H10.C2H6/c1-4-5-6(2)3;1-4(2)3;1-2/h6H,4-5H2,1-3H3;4H,1-3H3;1-2H3. The van der Waals surface area contributed by atoms with Crippen molar-refractivity contribution in [2.75, 3.05) is 0 Å². The molecule has 78 valence electrons. The molecule has 0 amide bonds. The zero-order valence-corrected chi connectivity index (χ0v) is 10.6. The fourth-order valence-electron chi connectivity index (χ4n) is 0.577. The van der Waals surface area contributed by atoms with E-state index in [4.69, 9.17) is 0 Å². The molecule has 0 aliphatic rings. The fraction of sp³-hybridized carbons (Fsp3) is 1.00. The monoisotopic (exact) mass is 174 g/mol. The van der Waals surface area contributed by atoms with Crippen LogP contribution in [-0.2, 0) is 0 Å². The highest BCUT2D eigenvalue weighted by Crippen LogP contribution is 2.00. The summed E-state index contributed by atoms with van der Waals surface area (Å²) in [4.78, 5) is 0. The Morgan fingerprint density at radius 3 is 1.08 bits per heavy atom. The first-order chi connectivity index (χ1) is 5.50. The molecule has 0 N–H and O–H groups in total. The van der Waals surface area contributed by atoms with Gasteiger partial charge in [0.15, 0.2) is 0 Å². The van der Waals surface area contributed by atoms with Crippen LogP contribution in [0, 0.1) is 11.8 Å². The summed E-state index contributed by atoms with van der Waals surface area (Å²) in [5, 5.41) is 0. The summed E-state index contributed by atoms with van der Waals surface area (Å²) in [6, 6.07) is 0. The molecule has 0 rings (SSSR count). The van der Waals surface area contributed by atoms with Crippen molar-refractivity contribution < 1.29 is 0 Å². The van der Waals surface area contributed by atoms with Crippen LogP contribution in [0.25, 0.3) is 0 Å². The lowest BCUT2D eigenvalue weighted by Gasteiger charge is -1.95. The molecule has 0 unspecified atom stereocenters. The van der Waals surface area contributed by atoms with E-state index in [1.54, 1.807) is 0 Å². The first-order valence-corrected chi connectivity index (χ1v) is 5.50. The van der Waals surface area contributed by atoms with E-state index in [1.807, 2.05) is 13.8 Å². The van der Waals surface area contributed by atoms with Gasteiger partial charge in [-0.1, -0.05) is 68.2 Å². The van der Waals surface area contributed by atoms with Crippen molar-refractivity contribution in [3.63, 3.8) is 0 Å². The minimum atomic E-state index is 0.833. The van der Waals surface area contributed by atoms with Crippen LogP contribution in [0.3, 0.4) is 0 Å². The quantitative estimate of drug-likeness (QED) is 0.544. The third-order valence-corrected chi connectivity index (χ3v) is 0.866. The van der Waals surface area contributed by atoms with Gasteiger partial charge in [0.25, 0.3) is 0 Å². The van der Waals surface area contributed by atoms with E-state index < -0.39 is 0 Å². The summed E-state index contributed by atoms with van der Waals surface area (Å²) in [6.07, 6.45) is 2.71. The Morgan fingerprint density at radius 2 is 1.08 bits per heavy atom. The van der Waals surface area contributed by atoms with Crippen molar-refractivity contribution in [2.24, 2.45) is 11.8 Å². The Morgan fingerprint density at radius 1 is 0.833 bits per heavy atom. The summed E-state index contributed by atoms with van der Waals surface area (Å²) in [5.41, 5.74) is 0. The maximum absolute atomic E-state index is 2.25.